The summed E-state index contributed by atoms with van der Waals surface area (Å²) >= 11 is 0. The van der Waals surface area contributed by atoms with E-state index in [1.54, 1.807) is 14.2 Å². The lowest BCUT2D eigenvalue weighted by molar-refractivity contribution is 0.161. The molecular weight excluding hydrogens is 378 g/mol. The molecule has 1 saturated heterocycles. The van der Waals surface area contributed by atoms with Gasteiger partial charge in [-0.3, -0.25) is 9.89 Å². The Kier molecular flexibility index (Phi) is 11.6. The van der Waals surface area contributed by atoms with Gasteiger partial charge in [-0.15, -0.1) is 0 Å². The van der Waals surface area contributed by atoms with Crippen LogP contribution in [0.1, 0.15) is 37.3 Å². The Hall–Kier alpha value is -1.83. The van der Waals surface area contributed by atoms with E-state index in [4.69, 9.17) is 9.47 Å². The highest BCUT2D eigenvalue weighted by atomic mass is 16.5. The third-order valence-corrected chi connectivity index (χ3v) is 5.69. The van der Waals surface area contributed by atoms with Crippen molar-refractivity contribution in [3.05, 3.63) is 29.8 Å². The molecule has 0 bridgehead atoms. The SMILES string of the molecule is CN=C(NCCN(C)CCCOC)NCC(c1ccccc1OC)N1CCCCC1. The number of nitrogens with zero attached hydrogens (tertiary/aromatic N) is 3. The number of benzene rings is 1. The van der Waals surface area contributed by atoms with Crippen LogP contribution in [0.2, 0.25) is 0 Å². The van der Waals surface area contributed by atoms with Gasteiger partial charge in [-0.25, -0.2) is 0 Å². The van der Waals surface area contributed by atoms with Gasteiger partial charge in [-0.05, 0) is 45.5 Å². The number of ether oxygens (including phenoxy) is 2. The van der Waals surface area contributed by atoms with E-state index in [2.05, 4.69) is 50.7 Å². The molecule has 1 atom stereocenters. The maximum atomic E-state index is 5.67. The fourth-order valence-electron chi connectivity index (χ4n) is 3.98. The minimum absolute atomic E-state index is 0.261. The van der Waals surface area contributed by atoms with Gasteiger partial charge in [0.15, 0.2) is 5.96 Å². The first-order chi connectivity index (χ1) is 14.7. The van der Waals surface area contributed by atoms with Crippen LogP contribution in [-0.4, -0.2) is 89.9 Å². The number of rotatable bonds is 12. The largest absolute Gasteiger partial charge is 0.496 e. The molecule has 7 nitrogen and oxygen atoms in total. The summed E-state index contributed by atoms with van der Waals surface area (Å²) in [7, 11) is 7.47. The number of hydrogen-bond acceptors (Lipinski definition) is 5. The summed E-state index contributed by atoms with van der Waals surface area (Å²) in [6.45, 7) is 6.71. The van der Waals surface area contributed by atoms with Gasteiger partial charge in [0.05, 0.1) is 13.2 Å². The lowest BCUT2D eigenvalue weighted by Crippen LogP contribution is -2.46. The van der Waals surface area contributed by atoms with Crippen molar-refractivity contribution in [2.24, 2.45) is 4.99 Å². The molecule has 0 aromatic heterocycles. The van der Waals surface area contributed by atoms with Crippen molar-refractivity contribution in [2.75, 3.05) is 74.2 Å². The second-order valence-corrected chi connectivity index (χ2v) is 7.88. The number of para-hydroxylation sites is 1. The van der Waals surface area contributed by atoms with Gasteiger partial charge in [0.1, 0.15) is 5.75 Å². The summed E-state index contributed by atoms with van der Waals surface area (Å²) in [6.07, 6.45) is 4.89. The Morgan fingerprint density at radius 1 is 1.13 bits per heavy atom. The van der Waals surface area contributed by atoms with Crippen LogP contribution in [-0.2, 0) is 4.74 Å². The molecule has 0 amide bonds. The summed E-state index contributed by atoms with van der Waals surface area (Å²) < 4.78 is 10.8. The van der Waals surface area contributed by atoms with Crippen molar-refractivity contribution < 1.29 is 9.47 Å². The molecule has 170 valence electrons. The number of aliphatic imine (C=N–C) groups is 1. The highest BCUT2D eigenvalue weighted by Crippen LogP contribution is 2.30. The van der Waals surface area contributed by atoms with Gasteiger partial charge in [0.2, 0.25) is 0 Å². The van der Waals surface area contributed by atoms with Crippen LogP contribution in [0.25, 0.3) is 0 Å². The molecule has 0 radical (unpaired) electrons. The number of likely N-dealkylation sites (tertiary alicyclic amines) is 1. The summed E-state index contributed by atoms with van der Waals surface area (Å²) in [5, 5.41) is 6.99. The number of methoxy groups -OCH3 is 2. The van der Waals surface area contributed by atoms with Crippen molar-refractivity contribution >= 4 is 5.96 Å². The Bertz CT molecular complexity index is 619. The van der Waals surface area contributed by atoms with E-state index >= 15 is 0 Å². The predicted octanol–water partition coefficient (Wildman–Crippen LogP) is 2.36. The maximum Gasteiger partial charge on any atom is 0.191 e. The van der Waals surface area contributed by atoms with E-state index in [-0.39, 0.29) is 6.04 Å². The monoisotopic (exact) mass is 419 g/mol. The molecule has 1 fully saturated rings. The van der Waals surface area contributed by atoms with Gasteiger partial charge in [-0.1, -0.05) is 24.6 Å². The molecule has 1 heterocycles. The standard InChI is InChI=1S/C23H41N5O2/c1-24-23(25-13-17-27(2)14-10-18-29-3)26-19-21(28-15-8-5-9-16-28)20-11-6-7-12-22(20)30-4/h6-7,11-12,21H,5,8-10,13-19H2,1-4H3,(H2,24,25,26). The topological polar surface area (TPSA) is 61.4 Å². The van der Waals surface area contributed by atoms with Crippen LogP contribution in [0, 0.1) is 0 Å². The molecule has 7 heteroatoms. The zero-order valence-corrected chi connectivity index (χ0v) is 19.3. The normalized spacial score (nSPS) is 16.5. The average Bonchev–Trinajstić information content (AvgIpc) is 2.79. The molecule has 0 spiro atoms. The summed E-state index contributed by atoms with van der Waals surface area (Å²) in [6, 6.07) is 8.63. The van der Waals surface area contributed by atoms with Gasteiger partial charge < -0.3 is 25.0 Å². The van der Waals surface area contributed by atoms with Crippen molar-refractivity contribution in [3.63, 3.8) is 0 Å². The number of likely N-dealkylation sites (N-methyl/N-ethyl adjacent to an activating group) is 1. The van der Waals surface area contributed by atoms with Gasteiger partial charge in [-0.2, -0.15) is 0 Å². The highest BCUT2D eigenvalue weighted by molar-refractivity contribution is 5.79. The zero-order valence-electron chi connectivity index (χ0n) is 19.3. The first kappa shape index (κ1) is 24.4. The maximum absolute atomic E-state index is 5.67. The first-order valence-electron chi connectivity index (χ1n) is 11.2. The Morgan fingerprint density at radius 3 is 2.60 bits per heavy atom. The van der Waals surface area contributed by atoms with Crippen molar-refractivity contribution in [1.82, 2.24) is 20.4 Å². The molecule has 2 rings (SSSR count). The molecule has 2 N–H and O–H groups in total. The summed E-state index contributed by atoms with van der Waals surface area (Å²) in [5.41, 5.74) is 1.24. The molecule has 0 aliphatic carbocycles. The van der Waals surface area contributed by atoms with E-state index in [1.807, 2.05) is 13.1 Å². The Balaban J connectivity index is 1.91. The van der Waals surface area contributed by atoms with Crippen LogP contribution in [0.3, 0.4) is 0 Å². The quantitative estimate of drug-likeness (QED) is 0.308. The van der Waals surface area contributed by atoms with E-state index in [9.17, 15) is 0 Å². The minimum atomic E-state index is 0.261. The van der Waals surface area contributed by atoms with E-state index < -0.39 is 0 Å². The van der Waals surface area contributed by atoms with Crippen molar-refractivity contribution in [3.8, 4) is 5.75 Å². The van der Waals surface area contributed by atoms with Crippen LogP contribution in [0.4, 0.5) is 0 Å². The van der Waals surface area contributed by atoms with E-state index in [0.29, 0.717) is 0 Å². The molecule has 1 aromatic carbocycles. The fraction of sp³-hybridized carbons (Fsp3) is 0.696. The second kappa shape index (κ2) is 14.2. The molecule has 1 aromatic rings. The number of nitrogens with one attached hydrogen (secondary N) is 2. The molecule has 1 unspecified atom stereocenters. The molecule has 1 aliphatic rings. The lowest BCUT2D eigenvalue weighted by atomic mass is 10.0. The third kappa shape index (κ3) is 8.13. The predicted molar refractivity (Wildman–Crippen MR) is 125 cm³/mol. The fourth-order valence-corrected chi connectivity index (χ4v) is 3.98. The molecule has 0 saturated carbocycles. The van der Waals surface area contributed by atoms with Crippen LogP contribution < -0.4 is 15.4 Å². The van der Waals surface area contributed by atoms with E-state index in [1.165, 1.54) is 24.8 Å². The molecule has 30 heavy (non-hydrogen) atoms. The summed E-state index contributed by atoms with van der Waals surface area (Å²) in [5.74, 6) is 1.80. The van der Waals surface area contributed by atoms with E-state index in [0.717, 1.165) is 64.0 Å². The van der Waals surface area contributed by atoms with Gasteiger partial charge in [0.25, 0.3) is 0 Å². The molecular formula is C23H41N5O2. The Labute approximate surface area is 182 Å². The minimum Gasteiger partial charge on any atom is -0.496 e. The highest BCUT2D eigenvalue weighted by Gasteiger charge is 2.25. The second-order valence-electron chi connectivity index (χ2n) is 7.88. The first-order valence-corrected chi connectivity index (χ1v) is 11.2. The zero-order chi connectivity index (χ0) is 21.6. The Morgan fingerprint density at radius 2 is 1.90 bits per heavy atom. The third-order valence-electron chi connectivity index (χ3n) is 5.69. The number of hydrogen-bond donors (Lipinski definition) is 2. The van der Waals surface area contributed by atoms with Crippen molar-refractivity contribution in [2.45, 2.75) is 31.7 Å². The number of piperidine rings is 1. The number of guanidine groups is 1. The summed E-state index contributed by atoms with van der Waals surface area (Å²) in [4.78, 5) is 9.30. The lowest BCUT2D eigenvalue weighted by Gasteiger charge is -2.36. The van der Waals surface area contributed by atoms with Crippen LogP contribution in [0.15, 0.2) is 29.3 Å². The smallest absolute Gasteiger partial charge is 0.191 e. The van der Waals surface area contributed by atoms with Gasteiger partial charge in [0, 0.05) is 52.5 Å². The van der Waals surface area contributed by atoms with Crippen LogP contribution >= 0.6 is 0 Å². The van der Waals surface area contributed by atoms with Gasteiger partial charge >= 0.3 is 0 Å². The molecule has 1 aliphatic heterocycles. The average molecular weight is 420 g/mol. The van der Waals surface area contributed by atoms with Crippen LogP contribution in [0.5, 0.6) is 5.75 Å². The van der Waals surface area contributed by atoms with Crippen molar-refractivity contribution in [1.29, 1.82) is 0 Å².